The minimum atomic E-state index is -1.80. The molecule has 100 valence electrons. The predicted molar refractivity (Wildman–Crippen MR) is 75.8 cm³/mol. The highest BCUT2D eigenvalue weighted by atomic mass is 32.2. The summed E-state index contributed by atoms with van der Waals surface area (Å²) < 4.78 is 1.45. The SMILES string of the molecule is CSc1ncc2cc(B(O)O)c(=O)n(C(C)C)c2n1. The summed E-state index contributed by atoms with van der Waals surface area (Å²) in [6, 6.07) is 1.28. The number of fused-ring (bicyclic) bond motifs is 1. The van der Waals surface area contributed by atoms with Crippen molar-refractivity contribution in [1.29, 1.82) is 0 Å². The summed E-state index contributed by atoms with van der Waals surface area (Å²) >= 11 is 1.38. The highest BCUT2D eigenvalue weighted by Gasteiger charge is 2.21. The van der Waals surface area contributed by atoms with E-state index in [9.17, 15) is 14.8 Å². The van der Waals surface area contributed by atoms with Crippen molar-refractivity contribution >= 4 is 35.4 Å². The minimum Gasteiger partial charge on any atom is -0.423 e. The Morgan fingerprint density at radius 1 is 1.42 bits per heavy atom. The van der Waals surface area contributed by atoms with E-state index in [0.717, 1.165) is 0 Å². The molecule has 19 heavy (non-hydrogen) atoms. The second-order valence-corrected chi connectivity index (χ2v) is 5.15. The first kappa shape index (κ1) is 14.0. The predicted octanol–water partition coefficient (Wildman–Crippen LogP) is -0.226. The maximum atomic E-state index is 12.2. The van der Waals surface area contributed by atoms with Crippen molar-refractivity contribution in [3.63, 3.8) is 0 Å². The van der Waals surface area contributed by atoms with Crippen LogP contribution in [0.15, 0.2) is 22.2 Å². The van der Waals surface area contributed by atoms with Crippen molar-refractivity contribution < 1.29 is 10.0 Å². The fourth-order valence-electron chi connectivity index (χ4n) is 1.89. The van der Waals surface area contributed by atoms with E-state index in [4.69, 9.17) is 0 Å². The van der Waals surface area contributed by atoms with E-state index >= 15 is 0 Å². The number of nitrogens with zero attached hydrogens (tertiary/aromatic N) is 3. The van der Waals surface area contributed by atoms with Crippen LogP contribution in [0.2, 0.25) is 0 Å². The molecule has 0 bridgehead atoms. The summed E-state index contributed by atoms with van der Waals surface area (Å²) in [5.74, 6) is 0. The molecule has 0 fully saturated rings. The van der Waals surface area contributed by atoms with E-state index < -0.39 is 12.7 Å². The molecule has 2 N–H and O–H groups in total. The third-order valence-electron chi connectivity index (χ3n) is 2.76. The van der Waals surface area contributed by atoms with Crippen molar-refractivity contribution in [3.8, 4) is 0 Å². The molecule has 0 spiro atoms. The van der Waals surface area contributed by atoms with Gasteiger partial charge in [0, 0.05) is 23.1 Å². The summed E-state index contributed by atoms with van der Waals surface area (Å²) in [6.45, 7) is 3.69. The lowest BCUT2D eigenvalue weighted by Crippen LogP contribution is -2.46. The van der Waals surface area contributed by atoms with Crippen LogP contribution in [0.4, 0.5) is 0 Å². The van der Waals surface area contributed by atoms with E-state index in [0.29, 0.717) is 16.2 Å². The summed E-state index contributed by atoms with van der Waals surface area (Å²) in [4.78, 5) is 20.7. The van der Waals surface area contributed by atoms with Gasteiger partial charge >= 0.3 is 7.12 Å². The topological polar surface area (TPSA) is 88.2 Å². The average molecular weight is 279 g/mol. The van der Waals surface area contributed by atoms with Gasteiger partial charge in [-0.25, -0.2) is 9.97 Å². The van der Waals surface area contributed by atoms with Crippen LogP contribution >= 0.6 is 11.8 Å². The van der Waals surface area contributed by atoms with Gasteiger partial charge in [-0.2, -0.15) is 0 Å². The van der Waals surface area contributed by atoms with E-state index in [1.807, 2.05) is 20.1 Å². The van der Waals surface area contributed by atoms with Gasteiger partial charge < -0.3 is 10.0 Å². The summed E-state index contributed by atoms with van der Waals surface area (Å²) in [7, 11) is -1.80. The Balaban J connectivity index is 2.88. The van der Waals surface area contributed by atoms with Gasteiger partial charge in [0.15, 0.2) is 5.16 Å². The molecule has 0 saturated heterocycles. The molecule has 6 nitrogen and oxygen atoms in total. The normalized spacial score (nSPS) is 11.3. The van der Waals surface area contributed by atoms with Crippen LogP contribution < -0.4 is 11.0 Å². The van der Waals surface area contributed by atoms with E-state index in [1.54, 1.807) is 6.20 Å². The molecule has 0 radical (unpaired) electrons. The molecule has 2 heterocycles. The van der Waals surface area contributed by atoms with Gasteiger partial charge in [0.25, 0.3) is 5.56 Å². The lowest BCUT2D eigenvalue weighted by molar-refractivity contribution is 0.424. The number of hydrogen-bond acceptors (Lipinski definition) is 6. The van der Waals surface area contributed by atoms with Crippen molar-refractivity contribution in [3.05, 3.63) is 22.6 Å². The van der Waals surface area contributed by atoms with Gasteiger partial charge in [-0.1, -0.05) is 11.8 Å². The fourth-order valence-corrected chi connectivity index (χ4v) is 2.22. The van der Waals surface area contributed by atoms with Gasteiger partial charge in [-0.05, 0) is 26.2 Å². The van der Waals surface area contributed by atoms with Crippen LogP contribution in [0.3, 0.4) is 0 Å². The van der Waals surface area contributed by atoms with Crippen LogP contribution in [0.5, 0.6) is 0 Å². The van der Waals surface area contributed by atoms with Crippen LogP contribution in [0.1, 0.15) is 19.9 Å². The van der Waals surface area contributed by atoms with Crippen molar-refractivity contribution in [2.24, 2.45) is 0 Å². The van der Waals surface area contributed by atoms with Crippen LogP contribution in [0.25, 0.3) is 11.0 Å². The molecular formula is C11H14BN3O3S. The zero-order valence-electron chi connectivity index (χ0n) is 10.9. The maximum Gasteiger partial charge on any atom is 0.494 e. The molecule has 8 heteroatoms. The second kappa shape index (κ2) is 5.32. The van der Waals surface area contributed by atoms with Crippen molar-refractivity contribution in [2.75, 3.05) is 6.26 Å². The minimum absolute atomic E-state index is 0.0679. The summed E-state index contributed by atoms with van der Waals surface area (Å²) in [6.07, 6.45) is 3.43. The number of hydrogen-bond donors (Lipinski definition) is 2. The van der Waals surface area contributed by atoms with Gasteiger partial charge in [0.2, 0.25) is 0 Å². The monoisotopic (exact) mass is 279 g/mol. The molecule has 2 aromatic rings. The average Bonchev–Trinajstić information content (AvgIpc) is 2.36. The first-order valence-electron chi connectivity index (χ1n) is 5.78. The maximum absolute atomic E-state index is 12.2. The standard InChI is InChI=1S/C11H14BN3O3S/c1-6(2)15-9-7(5-13-11(14-9)19-3)4-8(10(15)16)12(17)18/h4-6,17-18H,1-3H3. The molecule has 0 atom stereocenters. The molecule has 0 aromatic carbocycles. The lowest BCUT2D eigenvalue weighted by Gasteiger charge is -2.15. The zero-order chi connectivity index (χ0) is 14.2. The highest BCUT2D eigenvalue weighted by molar-refractivity contribution is 7.98. The number of pyridine rings is 1. The molecule has 0 aliphatic heterocycles. The van der Waals surface area contributed by atoms with E-state index in [2.05, 4.69) is 9.97 Å². The van der Waals surface area contributed by atoms with Gasteiger partial charge in [-0.3, -0.25) is 9.36 Å². The van der Waals surface area contributed by atoms with Gasteiger partial charge in [0.1, 0.15) is 5.65 Å². The Morgan fingerprint density at radius 2 is 2.11 bits per heavy atom. The van der Waals surface area contributed by atoms with Crippen LogP contribution in [0, 0.1) is 0 Å². The largest absolute Gasteiger partial charge is 0.494 e. The van der Waals surface area contributed by atoms with Gasteiger partial charge in [-0.15, -0.1) is 0 Å². The van der Waals surface area contributed by atoms with Crippen LogP contribution in [-0.2, 0) is 0 Å². The molecule has 2 rings (SSSR count). The Hall–Kier alpha value is -1.38. The number of aromatic nitrogens is 3. The number of rotatable bonds is 3. The van der Waals surface area contributed by atoms with E-state index in [1.165, 1.54) is 22.4 Å². The van der Waals surface area contributed by atoms with Crippen LogP contribution in [-0.4, -0.2) is 38.0 Å². The second-order valence-electron chi connectivity index (χ2n) is 4.38. The Kier molecular flexibility index (Phi) is 3.93. The molecular weight excluding hydrogens is 265 g/mol. The third kappa shape index (κ3) is 2.51. The first-order chi connectivity index (χ1) is 8.95. The fraction of sp³-hybridized carbons (Fsp3) is 0.364. The first-order valence-corrected chi connectivity index (χ1v) is 7.00. The molecule has 0 aliphatic rings. The molecule has 0 amide bonds. The summed E-state index contributed by atoms with van der Waals surface area (Å²) in [5, 5.41) is 19.7. The highest BCUT2D eigenvalue weighted by Crippen LogP contribution is 2.16. The Bertz CT molecular complexity index is 672. The Labute approximate surface area is 114 Å². The molecule has 0 unspecified atom stereocenters. The molecule has 2 aromatic heterocycles. The smallest absolute Gasteiger partial charge is 0.423 e. The van der Waals surface area contributed by atoms with Crippen molar-refractivity contribution in [1.82, 2.24) is 14.5 Å². The molecule has 0 aliphatic carbocycles. The third-order valence-corrected chi connectivity index (χ3v) is 3.32. The van der Waals surface area contributed by atoms with Gasteiger partial charge in [0.05, 0.1) is 0 Å². The lowest BCUT2D eigenvalue weighted by atomic mass is 9.81. The van der Waals surface area contributed by atoms with E-state index in [-0.39, 0.29) is 11.5 Å². The Morgan fingerprint density at radius 3 is 2.63 bits per heavy atom. The molecule has 0 saturated carbocycles. The quantitative estimate of drug-likeness (QED) is 0.458. The summed E-state index contributed by atoms with van der Waals surface area (Å²) in [5.41, 5.74) is -0.00583. The zero-order valence-corrected chi connectivity index (χ0v) is 11.7. The van der Waals surface area contributed by atoms with Crippen molar-refractivity contribution in [2.45, 2.75) is 25.0 Å². The number of thioether (sulfide) groups is 1.